The molecule has 2 nitrogen and oxygen atoms in total. The van der Waals surface area contributed by atoms with Crippen LogP contribution in [0.3, 0.4) is 0 Å². The van der Waals surface area contributed by atoms with Gasteiger partial charge in [0.25, 0.3) is 0 Å². The fraction of sp³-hybridized carbons (Fsp3) is 0.667. The number of nitrogens with one attached hydrogen (secondary N) is 1. The monoisotopic (exact) mass is 275 g/mol. The maximum absolute atomic E-state index is 6.25. The van der Waals surface area contributed by atoms with Crippen molar-refractivity contribution in [3.05, 3.63) is 35.4 Å². The number of likely N-dealkylation sites (N-methyl/N-ethyl adjacent to an activating group) is 1. The van der Waals surface area contributed by atoms with E-state index in [1.54, 1.807) is 0 Å². The van der Waals surface area contributed by atoms with E-state index in [-0.39, 0.29) is 6.10 Å². The first-order valence-corrected chi connectivity index (χ1v) is 8.18. The number of ether oxygens (including phenoxy) is 1. The molecular weight excluding hydrogens is 246 g/mol. The van der Waals surface area contributed by atoms with Gasteiger partial charge >= 0.3 is 0 Å². The molecule has 0 heterocycles. The van der Waals surface area contributed by atoms with Crippen LogP contribution >= 0.6 is 0 Å². The summed E-state index contributed by atoms with van der Waals surface area (Å²) in [7, 11) is 0. The van der Waals surface area contributed by atoms with Crippen LogP contribution < -0.4 is 5.32 Å². The van der Waals surface area contributed by atoms with Crippen LogP contribution in [0, 0.1) is 12.8 Å². The van der Waals surface area contributed by atoms with Crippen molar-refractivity contribution in [3.8, 4) is 0 Å². The molecular formula is C18H29NO. The standard InChI is InChI=1S/C18H29NO/c1-3-19-13-18(17-11-9-15(2)10-12-17)20-14-16-7-5-4-6-8-16/h9-12,16,18-19H,3-8,13-14H2,1-2H3. The summed E-state index contributed by atoms with van der Waals surface area (Å²) in [5, 5.41) is 3.42. The summed E-state index contributed by atoms with van der Waals surface area (Å²) in [6.07, 6.45) is 7.07. The second kappa shape index (κ2) is 8.43. The van der Waals surface area contributed by atoms with Crippen LogP contribution in [0.4, 0.5) is 0 Å². The first-order chi connectivity index (χ1) is 9.79. The predicted octanol–water partition coefficient (Wildman–Crippen LogP) is 4.24. The van der Waals surface area contributed by atoms with Crippen molar-refractivity contribution in [2.45, 2.75) is 52.1 Å². The smallest absolute Gasteiger partial charge is 0.0949 e. The maximum Gasteiger partial charge on any atom is 0.0949 e. The van der Waals surface area contributed by atoms with Crippen molar-refractivity contribution in [3.63, 3.8) is 0 Å². The van der Waals surface area contributed by atoms with Gasteiger partial charge in [0.05, 0.1) is 12.7 Å². The van der Waals surface area contributed by atoms with Gasteiger partial charge in [0.15, 0.2) is 0 Å². The van der Waals surface area contributed by atoms with Gasteiger partial charge in [-0.2, -0.15) is 0 Å². The summed E-state index contributed by atoms with van der Waals surface area (Å²) in [6.45, 7) is 7.10. The van der Waals surface area contributed by atoms with Gasteiger partial charge in [0.2, 0.25) is 0 Å². The molecule has 2 heteroatoms. The molecule has 0 amide bonds. The highest BCUT2D eigenvalue weighted by Crippen LogP contribution is 2.26. The Balaban J connectivity index is 1.90. The molecule has 0 spiro atoms. The van der Waals surface area contributed by atoms with Gasteiger partial charge in [-0.25, -0.2) is 0 Å². The van der Waals surface area contributed by atoms with Crippen LogP contribution in [0.5, 0.6) is 0 Å². The molecule has 0 aromatic heterocycles. The third kappa shape index (κ3) is 4.92. The first kappa shape index (κ1) is 15.5. The molecule has 1 fully saturated rings. The Morgan fingerprint density at radius 1 is 1.15 bits per heavy atom. The lowest BCUT2D eigenvalue weighted by atomic mass is 9.90. The molecule has 1 aliphatic rings. The van der Waals surface area contributed by atoms with Crippen molar-refractivity contribution in [2.24, 2.45) is 5.92 Å². The topological polar surface area (TPSA) is 21.3 Å². The molecule has 1 unspecified atom stereocenters. The fourth-order valence-electron chi connectivity index (χ4n) is 2.94. The largest absolute Gasteiger partial charge is 0.372 e. The second-order valence-corrected chi connectivity index (χ2v) is 6.04. The summed E-state index contributed by atoms with van der Waals surface area (Å²) in [4.78, 5) is 0. The zero-order valence-electron chi connectivity index (χ0n) is 13.0. The summed E-state index contributed by atoms with van der Waals surface area (Å²) in [5.74, 6) is 0.776. The third-order valence-electron chi connectivity index (χ3n) is 4.29. The van der Waals surface area contributed by atoms with E-state index in [9.17, 15) is 0 Å². The Hall–Kier alpha value is -0.860. The van der Waals surface area contributed by atoms with Crippen molar-refractivity contribution < 1.29 is 4.74 Å². The van der Waals surface area contributed by atoms with Gasteiger partial charge in [-0.1, -0.05) is 56.0 Å². The maximum atomic E-state index is 6.25. The second-order valence-electron chi connectivity index (χ2n) is 6.04. The van der Waals surface area contributed by atoms with E-state index >= 15 is 0 Å². The molecule has 112 valence electrons. The summed E-state index contributed by atoms with van der Waals surface area (Å²) < 4.78 is 6.25. The minimum absolute atomic E-state index is 0.192. The third-order valence-corrected chi connectivity index (χ3v) is 4.29. The van der Waals surface area contributed by atoms with E-state index in [0.717, 1.165) is 25.6 Å². The fourth-order valence-corrected chi connectivity index (χ4v) is 2.94. The van der Waals surface area contributed by atoms with E-state index in [0.29, 0.717) is 0 Å². The molecule has 1 saturated carbocycles. The van der Waals surface area contributed by atoms with Crippen LogP contribution in [-0.4, -0.2) is 19.7 Å². The Morgan fingerprint density at radius 3 is 2.50 bits per heavy atom. The molecule has 1 atom stereocenters. The van der Waals surface area contributed by atoms with Gasteiger partial charge in [-0.05, 0) is 37.8 Å². The minimum atomic E-state index is 0.192. The highest BCUT2D eigenvalue weighted by Gasteiger charge is 2.17. The van der Waals surface area contributed by atoms with Gasteiger partial charge < -0.3 is 10.1 Å². The van der Waals surface area contributed by atoms with Crippen LogP contribution in [0.15, 0.2) is 24.3 Å². The quantitative estimate of drug-likeness (QED) is 0.803. The van der Waals surface area contributed by atoms with Crippen LogP contribution in [0.2, 0.25) is 0 Å². The SMILES string of the molecule is CCNCC(OCC1CCCCC1)c1ccc(C)cc1. The summed E-state index contributed by atoms with van der Waals surface area (Å²) >= 11 is 0. The number of rotatable bonds is 7. The molecule has 1 aromatic carbocycles. The normalized spacial score (nSPS) is 18.1. The highest BCUT2D eigenvalue weighted by molar-refractivity contribution is 5.23. The molecule has 1 aromatic rings. The minimum Gasteiger partial charge on any atom is -0.372 e. The molecule has 0 saturated heterocycles. The summed E-state index contributed by atoms with van der Waals surface area (Å²) in [6, 6.07) is 8.77. The Labute approximate surface area is 123 Å². The van der Waals surface area contributed by atoms with Crippen LogP contribution in [-0.2, 0) is 4.74 Å². The molecule has 2 rings (SSSR count). The summed E-state index contributed by atoms with van der Waals surface area (Å²) in [5.41, 5.74) is 2.61. The molecule has 0 radical (unpaired) electrons. The number of aryl methyl sites for hydroxylation is 1. The van der Waals surface area contributed by atoms with Gasteiger partial charge in [0.1, 0.15) is 0 Å². The molecule has 20 heavy (non-hydrogen) atoms. The van der Waals surface area contributed by atoms with E-state index < -0.39 is 0 Å². The molecule has 1 N–H and O–H groups in total. The number of benzene rings is 1. The zero-order valence-corrected chi connectivity index (χ0v) is 13.0. The lowest BCUT2D eigenvalue weighted by Crippen LogP contribution is -2.25. The molecule has 0 bridgehead atoms. The van der Waals surface area contributed by atoms with Crippen LogP contribution in [0.25, 0.3) is 0 Å². The highest BCUT2D eigenvalue weighted by atomic mass is 16.5. The van der Waals surface area contributed by atoms with E-state index in [1.807, 2.05) is 0 Å². The zero-order chi connectivity index (χ0) is 14.2. The molecule has 1 aliphatic carbocycles. The van der Waals surface area contributed by atoms with Crippen molar-refractivity contribution in [1.29, 1.82) is 0 Å². The van der Waals surface area contributed by atoms with Gasteiger partial charge in [0, 0.05) is 6.54 Å². The Kier molecular flexibility index (Phi) is 6.55. The average molecular weight is 275 g/mol. The van der Waals surface area contributed by atoms with Crippen molar-refractivity contribution >= 4 is 0 Å². The first-order valence-electron chi connectivity index (χ1n) is 8.18. The lowest BCUT2D eigenvalue weighted by molar-refractivity contribution is 0.0202. The van der Waals surface area contributed by atoms with E-state index in [1.165, 1.54) is 43.2 Å². The molecule has 0 aliphatic heterocycles. The Morgan fingerprint density at radius 2 is 1.85 bits per heavy atom. The van der Waals surface area contributed by atoms with E-state index in [2.05, 4.69) is 43.4 Å². The number of hydrogen-bond donors (Lipinski definition) is 1. The predicted molar refractivity (Wildman–Crippen MR) is 85.0 cm³/mol. The van der Waals surface area contributed by atoms with Crippen LogP contribution in [0.1, 0.15) is 56.3 Å². The van der Waals surface area contributed by atoms with Gasteiger partial charge in [-0.3, -0.25) is 0 Å². The Bertz CT molecular complexity index is 368. The van der Waals surface area contributed by atoms with E-state index in [4.69, 9.17) is 4.74 Å². The van der Waals surface area contributed by atoms with Crippen molar-refractivity contribution in [1.82, 2.24) is 5.32 Å². The number of hydrogen-bond acceptors (Lipinski definition) is 2. The van der Waals surface area contributed by atoms with Gasteiger partial charge in [-0.15, -0.1) is 0 Å². The lowest BCUT2D eigenvalue weighted by Gasteiger charge is -2.25. The van der Waals surface area contributed by atoms with Crippen molar-refractivity contribution in [2.75, 3.05) is 19.7 Å². The average Bonchev–Trinajstić information content (AvgIpc) is 2.50.